The van der Waals surface area contributed by atoms with Crippen LogP contribution in [0.5, 0.6) is 11.5 Å². The highest BCUT2D eigenvalue weighted by molar-refractivity contribution is 6.75. The smallest absolute Gasteiger partial charge is 0.250 e. The van der Waals surface area contributed by atoms with E-state index in [1.807, 2.05) is 6.26 Å². The standard InChI is InChI=1S/C39H64O3Si2/c1-26(2)32-15-14-27(25-40-9)19-33(32)36-34(41-43(10,11)37(3,4)5)20-31(21-35(36)42-44(12,13)38(6,7)8)39-22-28-16-29(23-39)18-30(17-28)24-39/h20-21,25,28-30,32-33H,1,14-19,22-24H2,2-13H3/t28?,29?,30?,32-,33+,39?/m0/s1. The van der Waals surface area contributed by atoms with Gasteiger partial charge in [-0.1, -0.05) is 53.7 Å². The van der Waals surface area contributed by atoms with E-state index in [2.05, 4.69) is 93.4 Å². The highest BCUT2D eigenvalue weighted by atomic mass is 28.4. The van der Waals surface area contributed by atoms with Gasteiger partial charge in [-0.25, -0.2) is 0 Å². The van der Waals surface area contributed by atoms with E-state index in [1.54, 1.807) is 7.11 Å². The van der Waals surface area contributed by atoms with Gasteiger partial charge in [0, 0.05) is 11.5 Å². The van der Waals surface area contributed by atoms with Gasteiger partial charge in [0.05, 0.1) is 13.4 Å². The summed E-state index contributed by atoms with van der Waals surface area (Å²) in [6, 6.07) is 5.09. The molecule has 5 saturated carbocycles. The van der Waals surface area contributed by atoms with Gasteiger partial charge in [0.15, 0.2) is 0 Å². The van der Waals surface area contributed by atoms with Crippen LogP contribution in [-0.4, -0.2) is 23.7 Å². The van der Waals surface area contributed by atoms with Crippen LogP contribution in [0.15, 0.2) is 36.1 Å². The molecule has 5 heteroatoms. The van der Waals surface area contributed by atoms with Crippen molar-refractivity contribution in [2.75, 3.05) is 7.11 Å². The normalized spacial score (nSPS) is 31.7. The first-order chi connectivity index (χ1) is 20.2. The van der Waals surface area contributed by atoms with Gasteiger partial charge >= 0.3 is 0 Å². The van der Waals surface area contributed by atoms with E-state index >= 15 is 0 Å². The Morgan fingerprint density at radius 2 is 1.30 bits per heavy atom. The lowest BCUT2D eigenvalue weighted by Crippen LogP contribution is -2.49. The van der Waals surface area contributed by atoms with Crippen molar-refractivity contribution < 1.29 is 13.6 Å². The lowest BCUT2D eigenvalue weighted by molar-refractivity contribution is -0.00532. The molecule has 5 aliphatic rings. The van der Waals surface area contributed by atoms with Gasteiger partial charge in [-0.3, -0.25) is 0 Å². The summed E-state index contributed by atoms with van der Waals surface area (Å²) in [5, 5.41) is 0.200. The quantitative estimate of drug-likeness (QED) is 0.161. The molecule has 0 saturated heterocycles. The van der Waals surface area contributed by atoms with Gasteiger partial charge < -0.3 is 13.6 Å². The minimum atomic E-state index is -2.16. The predicted molar refractivity (Wildman–Crippen MR) is 192 cm³/mol. The van der Waals surface area contributed by atoms with Crippen molar-refractivity contribution in [1.82, 2.24) is 0 Å². The number of methoxy groups -OCH3 is 1. The summed E-state index contributed by atoms with van der Waals surface area (Å²) in [7, 11) is -2.53. The third-order valence-electron chi connectivity index (χ3n) is 13.1. The van der Waals surface area contributed by atoms with Crippen molar-refractivity contribution in [3.63, 3.8) is 0 Å². The molecule has 0 spiro atoms. The minimum Gasteiger partial charge on any atom is -0.543 e. The maximum atomic E-state index is 7.51. The Kier molecular flexibility index (Phi) is 8.97. The number of hydrogen-bond donors (Lipinski definition) is 0. The first kappa shape index (κ1) is 33.9. The molecule has 0 unspecified atom stereocenters. The van der Waals surface area contributed by atoms with Gasteiger partial charge in [-0.2, -0.15) is 0 Å². The van der Waals surface area contributed by atoms with E-state index in [0.717, 1.165) is 48.5 Å². The van der Waals surface area contributed by atoms with Crippen LogP contribution in [0.4, 0.5) is 0 Å². The minimum absolute atomic E-state index is 0.100. The molecule has 0 heterocycles. The molecular formula is C39H64O3Si2. The summed E-state index contributed by atoms with van der Waals surface area (Å²) in [4.78, 5) is 0. The first-order valence-corrected chi connectivity index (χ1v) is 23.5. The van der Waals surface area contributed by atoms with Crippen LogP contribution < -0.4 is 8.85 Å². The fraction of sp³-hybridized carbons (Fsp3) is 0.744. The van der Waals surface area contributed by atoms with Crippen molar-refractivity contribution in [2.45, 2.75) is 154 Å². The second-order valence-electron chi connectivity index (χ2n) is 18.6. The van der Waals surface area contributed by atoms with Crippen molar-refractivity contribution in [1.29, 1.82) is 0 Å². The molecule has 4 bridgehead atoms. The third kappa shape index (κ3) is 6.39. The van der Waals surface area contributed by atoms with E-state index in [-0.39, 0.29) is 21.4 Å². The van der Waals surface area contributed by atoms with Crippen LogP contribution in [0.2, 0.25) is 36.3 Å². The zero-order chi connectivity index (χ0) is 32.5. The monoisotopic (exact) mass is 636 g/mol. The van der Waals surface area contributed by atoms with E-state index in [9.17, 15) is 0 Å². The zero-order valence-electron chi connectivity index (χ0n) is 30.4. The highest BCUT2D eigenvalue weighted by Gasteiger charge is 2.53. The summed E-state index contributed by atoms with van der Waals surface area (Å²) in [5.74, 6) is 5.56. The summed E-state index contributed by atoms with van der Waals surface area (Å²) < 4.78 is 20.6. The maximum Gasteiger partial charge on any atom is 0.250 e. The largest absolute Gasteiger partial charge is 0.543 e. The lowest BCUT2D eigenvalue weighted by Gasteiger charge is -2.57. The van der Waals surface area contributed by atoms with E-state index in [4.69, 9.17) is 13.6 Å². The molecule has 0 amide bonds. The molecule has 0 aromatic heterocycles. The first-order valence-electron chi connectivity index (χ1n) is 17.7. The zero-order valence-corrected chi connectivity index (χ0v) is 32.4. The summed E-state index contributed by atoms with van der Waals surface area (Å²) in [6.45, 7) is 30.6. The highest BCUT2D eigenvalue weighted by Crippen LogP contribution is 2.62. The third-order valence-corrected chi connectivity index (χ3v) is 21.8. The van der Waals surface area contributed by atoms with Gasteiger partial charge in [-0.15, -0.1) is 0 Å². The second-order valence-corrected chi connectivity index (χ2v) is 28.1. The number of hydrogen-bond acceptors (Lipinski definition) is 3. The SMILES string of the molecule is C=C(C)[C@@H]1CCC(=COC)C[C@H]1c1c(O[Si](C)(C)C(C)(C)C)cc(C23CC4CC(CC(C4)C2)C3)cc1O[Si](C)(C)C(C)(C)C. The fourth-order valence-electron chi connectivity index (χ4n) is 9.00. The average Bonchev–Trinajstić information content (AvgIpc) is 2.86. The van der Waals surface area contributed by atoms with E-state index < -0.39 is 16.6 Å². The van der Waals surface area contributed by atoms with Crippen LogP contribution in [0, 0.1) is 23.7 Å². The molecule has 44 heavy (non-hydrogen) atoms. The van der Waals surface area contributed by atoms with E-state index in [1.165, 1.54) is 60.8 Å². The van der Waals surface area contributed by atoms with Crippen LogP contribution in [0.3, 0.4) is 0 Å². The molecule has 5 aliphatic carbocycles. The van der Waals surface area contributed by atoms with E-state index in [0.29, 0.717) is 5.92 Å². The van der Waals surface area contributed by atoms with Gasteiger partial charge in [0.25, 0.3) is 0 Å². The molecular weight excluding hydrogens is 573 g/mol. The molecule has 0 aliphatic heterocycles. The van der Waals surface area contributed by atoms with Gasteiger partial charge in [0.1, 0.15) is 11.5 Å². The van der Waals surface area contributed by atoms with Crippen molar-refractivity contribution in [2.24, 2.45) is 23.7 Å². The van der Waals surface area contributed by atoms with Crippen molar-refractivity contribution in [3.8, 4) is 11.5 Å². The molecule has 6 rings (SSSR count). The Hall–Kier alpha value is -1.47. The lowest BCUT2D eigenvalue weighted by atomic mass is 9.48. The molecule has 2 atom stereocenters. The Bertz CT molecular complexity index is 1190. The van der Waals surface area contributed by atoms with Gasteiger partial charge in [0.2, 0.25) is 16.6 Å². The average molecular weight is 637 g/mol. The van der Waals surface area contributed by atoms with Crippen LogP contribution in [0.25, 0.3) is 0 Å². The number of benzene rings is 1. The predicted octanol–water partition coefficient (Wildman–Crippen LogP) is 11.9. The Morgan fingerprint density at radius 1 is 0.841 bits per heavy atom. The van der Waals surface area contributed by atoms with Crippen molar-refractivity contribution in [3.05, 3.63) is 47.2 Å². The molecule has 0 radical (unpaired) electrons. The molecule has 1 aromatic rings. The summed E-state index contributed by atoms with van der Waals surface area (Å²) in [5.41, 5.74) is 5.75. The molecule has 1 aromatic carbocycles. The maximum absolute atomic E-state index is 7.51. The number of allylic oxidation sites excluding steroid dienone is 2. The molecule has 5 fully saturated rings. The molecule has 246 valence electrons. The van der Waals surface area contributed by atoms with Crippen molar-refractivity contribution >= 4 is 16.6 Å². The van der Waals surface area contributed by atoms with Crippen LogP contribution in [-0.2, 0) is 10.2 Å². The van der Waals surface area contributed by atoms with Crippen LogP contribution >= 0.6 is 0 Å². The fourth-order valence-corrected chi connectivity index (χ4v) is 11.0. The number of ether oxygens (including phenoxy) is 1. The Labute approximate surface area is 272 Å². The second kappa shape index (κ2) is 11.7. The Balaban J connectivity index is 1.76. The van der Waals surface area contributed by atoms with Gasteiger partial charge in [-0.05, 0) is 153 Å². The molecule has 3 nitrogen and oxygen atoms in total. The Morgan fingerprint density at radius 3 is 1.68 bits per heavy atom. The number of rotatable bonds is 8. The summed E-state index contributed by atoms with van der Waals surface area (Å²) >= 11 is 0. The van der Waals surface area contributed by atoms with Crippen LogP contribution in [0.1, 0.15) is 123 Å². The molecule has 0 N–H and O–H groups in total. The topological polar surface area (TPSA) is 27.7 Å². The summed E-state index contributed by atoms with van der Waals surface area (Å²) in [6.07, 6.45) is 13.5.